The average Bonchev–Trinajstić information content (AvgIpc) is 2.92. The standard InChI is InChI=1S/C32H44N2O4/c1-7-11-13-25(9-3)19-37-27-17-15-23(5)29(31(27)33-21-35)30-24(6)16-18-28(32(30)34-22-36)38-20-26(10-4)14-12-8-2/h15-18,25-26H,7-14,19-20H2,1-6H3. The van der Waals surface area contributed by atoms with Crippen LogP contribution < -0.4 is 9.47 Å². The van der Waals surface area contributed by atoms with Crippen molar-refractivity contribution in [3.63, 3.8) is 0 Å². The Kier molecular flexibility index (Phi) is 13.6. The number of isocyanates is 2. The molecule has 0 aliphatic heterocycles. The number of aryl methyl sites for hydroxylation is 2. The number of benzene rings is 2. The van der Waals surface area contributed by atoms with Crippen LogP contribution in [-0.2, 0) is 9.59 Å². The van der Waals surface area contributed by atoms with Crippen LogP contribution in [0.2, 0.25) is 0 Å². The molecule has 38 heavy (non-hydrogen) atoms. The van der Waals surface area contributed by atoms with Crippen molar-refractivity contribution in [2.45, 2.75) is 92.9 Å². The molecule has 0 fully saturated rings. The summed E-state index contributed by atoms with van der Waals surface area (Å²) in [5.41, 5.74) is 3.90. The van der Waals surface area contributed by atoms with Crippen LogP contribution in [0.4, 0.5) is 11.4 Å². The summed E-state index contributed by atoms with van der Waals surface area (Å²) in [6.07, 6.45) is 12.2. The van der Waals surface area contributed by atoms with Gasteiger partial charge in [0.15, 0.2) is 0 Å². The Hall–Kier alpha value is -3.20. The second-order valence-corrected chi connectivity index (χ2v) is 10.1. The van der Waals surface area contributed by atoms with E-state index < -0.39 is 0 Å². The molecule has 2 atom stereocenters. The third kappa shape index (κ3) is 8.41. The summed E-state index contributed by atoms with van der Waals surface area (Å²) in [6.45, 7) is 13.7. The van der Waals surface area contributed by atoms with Gasteiger partial charge in [-0.2, -0.15) is 9.98 Å². The molecule has 6 nitrogen and oxygen atoms in total. The highest BCUT2D eigenvalue weighted by Gasteiger charge is 2.23. The van der Waals surface area contributed by atoms with Crippen LogP contribution in [0.25, 0.3) is 11.1 Å². The molecule has 0 aliphatic carbocycles. The van der Waals surface area contributed by atoms with E-state index in [1.54, 1.807) is 12.2 Å². The molecule has 0 heterocycles. The lowest BCUT2D eigenvalue weighted by molar-refractivity contribution is 0.234. The Bertz CT molecular complexity index is 1040. The Morgan fingerprint density at radius 2 is 1.08 bits per heavy atom. The average molecular weight is 521 g/mol. The van der Waals surface area contributed by atoms with Gasteiger partial charge in [0.25, 0.3) is 0 Å². The highest BCUT2D eigenvalue weighted by molar-refractivity contribution is 5.93. The first-order valence-corrected chi connectivity index (χ1v) is 14.1. The third-order valence-electron chi connectivity index (χ3n) is 7.30. The number of hydrogen-bond donors (Lipinski definition) is 0. The molecule has 0 saturated heterocycles. The van der Waals surface area contributed by atoms with Crippen molar-refractivity contribution in [1.29, 1.82) is 0 Å². The fourth-order valence-electron chi connectivity index (χ4n) is 4.73. The molecule has 0 saturated carbocycles. The maximum Gasteiger partial charge on any atom is 0.240 e. The van der Waals surface area contributed by atoms with E-state index >= 15 is 0 Å². The van der Waals surface area contributed by atoms with Crippen LogP contribution in [0, 0.1) is 25.7 Å². The SMILES string of the molecule is CCCCC(CC)COc1ccc(C)c(-c2c(C)ccc(OCC(CC)CCCC)c2N=C=O)c1N=C=O. The third-order valence-corrected chi connectivity index (χ3v) is 7.30. The van der Waals surface area contributed by atoms with Gasteiger partial charge >= 0.3 is 0 Å². The van der Waals surface area contributed by atoms with Gasteiger partial charge in [-0.05, 0) is 61.8 Å². The maximum atomic E-state index is 11.6. The summed E-state index contributed by atoms with van der Waals surface area (Å²) in [4.78, 5) is 31.3. The second kappa shape index (κ2) is 16.6. The molecule has 2 aromatic carbocycles. The fraction of sp³-hybridized carbons (Fsp3) is 0.562. The number of aliphatic imine (C=N–C) groups is 2. The maximum absolute atomic E-state index is 11.6. The molecule has 2 rings (SSSR count). The van der Waals surface area contributed by atoms with Crippen LogP contribution in [0.3, 0.4) is 0 Å². The molecule has 0 N–H and O–H groups in total. The normalized spacial score (nSPS) is 12.3. The molecule has 0 spiro atoms. The summed E-state index contributed by atoms with van der Waals surface area (Å²) < 4.78 is 12.5. The molecular weight excluding hydrogens is 476 g/mol. The van der Waals surface area contributed by atoms with Gasteiger partial charge in [0.2, 0.25) is 12.2 Å². The molecule has 0 bridgehead atoms. The lowest BCUT2D eigenvalue weighted by atomic mass is 9.92. The monoisotopic (exact) mass is 520 g/mol. The van der Waals surface area contributed by atoms with Gasteiger partial charge in [-0.1, -0.05) is 78.4 Å². The van der Waals surface area contributed by atoms with E-state index in [1.807, 2.05) is 38.1 Å². The van der Waals surface area contributed by atoms with Gasteiger partial charge < -0.3 is 9.47 Å². The second-order valence-electron chi connectivity index (χ2n) is 10.1. The predicted octanol–water partition coefficient (Wildman–Crippen LogP) is 9.10. The Balaban J connectivity index is 2.59. The first-order valence-electron chi connectivity index (χ1n) is 14.1. The summed E-state index contributed by atoms with van der Waals surface area (Å²) in [6, 6.07) is 7.58. The van der Waals surface area contributed by atoms with Gasteiger partial charge in [0.1, 0.15) is 22.9 Å². The van der Waals surface area contributed by atoms with Gasteiger partial charge in [0.05, 0.1) is 13.2 Å². The number of nitrogens with zero attached hydrogens (tertiary/aromatic N) is 2. The van der Waals surface area contributed by atoms with Crippen molar-refractivity contribution in [1.82, 2.24) is 0 Å². The van der Waals surface area contributed by atoms with E-state index in [0.717, 1.165) is 62.5 Å². The first-order chi connectivity index (χ1) is 18.4. The summed E-state index contributed by atoms with van der Waals surface area (Å²) >= 11 is 0. The van der Waals surface area contributed by atoms with E-state index in [-0.39, 0.29) is 0 Å². The van der Waals surface area contributed by atoms with Crippen molar-refractivity contribution in [3.8, 4) is 22.6 Å². The van der Waals surface area contributed by atoms with Crippen LogP contribution in [0.5, 0.6) is 11.5 Å². The molecule has 0 amide bonds. The molecule has 2 aromatic rings. The van der Waals surface area contributed by atoms with E-state index in [2.05, 4.69) is 37.7 Å². The van der Waals surface area contributed by atoms with Crippen molar-refractivity contribution in [2.24, 2.45) is 21.8 Å². The predicted molar refractivity (Wildman–Crippen MR) is 155 cm³/mol. The molecule has 6 heteroatoms. The Morgan fingerprint density at radius 1 is 0.684 bits per heavy atom. The van der Waals surface area contributed by atoms with Crippen molar-refractivity contribution in [3.05, 3.63) is 35.4 Å². The molecule has 0 aliphatic rings. The van der Waals surface area contributed by atoms with E-state index in [0.29, 0.717) is 59.1 Å². The van der Waals surface area contributed by atoms with E-state index in [9.17, 15) is 9.59 Å². The van der Waals surface area contributed by atoms with E-state index in [4.69, 9.17) is 9.47 Å². The molecule has 206 valence electrons. The quantitative estimate of drug-likeness (QED) is 0.154. The number of hydrogen-bond acceptors (Lipinski definition) is 6. The zero-order valence-electron chi connectivity index (χ0n) is 24.1. The van der Waals surface area contributed by atoms with Gasteiger partial charge in [-0.25, -0.2) is 9.59 Å². The van der Waals surface area contributed by atoms with E-state index in [1.165, 1.54) is 0 Å². The Labute approximate surface area is 228 Å². The number of ether oxygens (including phenoxy) is 2. The summed E-state index contributed by atoms with van der Waals surface area (Å²) in [5.74, 6) is 1.86. The van der Waals surface area contributed by atoms with Crippen molar-refractivity contribution < 1.29 is 19.1 Å². The first kappa shape index (κ1) is 31.0. The minimum Gasteiger partial charge on any atom is -0.491 e. The Morgan fingerprint density at radius 3 is 1.39 bits per heavy atom. The van der Waals surface area contributed by atoms with Crippen molar-refractivity contribution >= 4 is 23.5 Å². The van der Waals surface area contributed by atoms with Gasteiger partial charge in [-0.3, -0.25) is 0 Å². The molecule has 0 radical (unpaired) electrons. The number of unbranched alkanes of at least 4 members (excludes halogenated alkanes) is 2. The molecule has 0 aromatic heterocycles. The fourth-order valence-corrected chi connectivity index (χ4v) is 4.73. The van der Waals surface area contributed by atoms with Crippen LogP contribution in [-0.4, -0.2) is 25.4 Å². The lowest BCUT2D eigenvalue weighted by Crippen LogP contribution is -2.12. The summed E-state index contributed by atoms with van der Waals surface area (Å²) in [5, 5.41) is 0. The number of rotatable bonds is 17. The van der Waals surface area contributed by atoms with Crippen molar-refractivity contribution in [2.75, 3.05) is 13.2 Å². The van der Waals surface area contributed by atoms with Crippen LogP contribution in [0.1, 0.15) is 90.2 Å². The topological polar surface area (TPSA) is 77.3 Å². The van der Waals surface area contributed by atoms with Crippen LogP contribution >= 0.6 is 0 Å². The minimum absolute atomic E-state index is 0.391. The highest BCUT2D eigenvalue weighted by Crippen LogP contribution is 2.48. The zero-order valence-corrected chi connectivity index (χ0v) is 24.1. The molecule has 2 unspecified atom stereocenters. The molecular formula is C32H44N2O4. The number of carbonyl (C=O) groups excluding carboxylic acids is 2. The zero-order chi connectivity index (χ0) is 27.9. The van der Waals surface area contributed by atoms with Gasteiger partial charge in [-0.15, -0.1) is 0 Å². The highest BCUT2D eigenvalue weighted by atomic mass is 16.5. The largest absolute Gasteiger partial charge is 0.491 e. The smallest absolute Gasteiger partial charge is 0.240 e. The summed E-state index contributed by atoms with van der Waals surface area (Å²) in [7, 11) is 0. The minimum atomic E-state index is 0.391. The van der Waals surface area contributed by atoms with Gasteiger partial charge in [0, 0.05) is 11.1 Å². The van der Waals surface area contributed by atoms with Crippen LogP contribution in [0.15, 0.2) is 34.3 Å². The lowest BCUT2D eigenvalue weighted by Gasteiger charge is -2.21.